The van der Waals surface area contributed by atoms with Gasteiger partial charge in [-0.05, 0) is 73.7 Å². The summed E-state index contributed by atoms with van der Waals surface area (Å²) >= 11 is 0. The number of ether oxygens (including phenoxy) is 1. The van der Waals surface area contributed by atoms with Crippen molar-refractivity contribution in [1.82, 2.24) is 9.88 Å². The van der Waals surface area contributed by atoms with Crippen LogP contribution in [0.1, 0.15) is 37.0 Å². The summed E-state index contributed by atoms with van der Waals surface area (Å²) in [5, 5.41) is 0. The van der Waals surface area contributed by atoms with Gasteiger partial charge in [0.1, 0.15) is 17.2 Å². The van der Waals surface area contributed by atoms with Crippen molar-refractivity contribution in [3.8, 4) is 16.9 Å². The second-order valence-electron chi connectivity index (χ2n) is 9.17. The number of aryl methyl sites for hydroxylation is 1. The first-order valence-corrected chi connectivity index (χ1v) is 10.9. The van der Waals surface area contributed by atoms with E-state index in [1.165, 1.54) is 11.0 Å². The Morgan fingerprint density at radius 2 is 1.85 bits per heavy atom. The Labute approximate surface area is 204 Å². The Morgan fingerprint density at radius 3 is 2.53 bits per heavy atom. The number of amides is 1. The fourth-order valence-corrected chi connectivity index (χ4v) is 4.56. The number of guanidine groups is 1. The Bertz CT molecular complexity index is 1300. The molecule has 2 aliphatic heterocycles. The molecule has 1 unspecified atom stereocenters. The topological polar surface area (TPSA) is 80.8 Å². The number of nitrogens with zero attached hydrogens (tertiary/aromatic N) is 3. The highest BCUT2D eigenvalue weighted by molar-refractivity contribution is 6.09. The van der Waals surface area contributed by atoms with Crippen LogP contribution in [0.2, 0.25) is 0 Å². The van der Waals surface area contributed by atoms with Crippen LogP contribution < -0.4 is 10.5 Å². The maximum absolute atomic E-state index is 14.8. The molecule has 6 nitrogen and oxygen atoms in total. The molecule has 5 rings (SSSR count). The van der Waals surface area contributed by atoms with Gasteiger partial charge in [0.2, 0.25) is 0 Å². The van der Waals surface area contributed by atoms with Gasteiger partial charge in [0.15, 0.2) is 11.5 Å². The molecule has 1 aromatic heterocycles. The minimum atomic E-state index is -1.41. The van der Waals surface area contributed by atoms with Crippen molar-refractivity contribution >= 4 is 24.3 Å². The molecular weight excluding hydrogens is 455 g/mol. The predicted molar refractivity (Wildman–Crippen MR) is 132 cm³/mol. The first-order chi connectivity index (χ1) is 15.7. The molecule has 0 radical (unpaired) electrons. The summed E-state index contributed by atoms with van der Waals surface area (Å²) in [5.41, 5.74) is 7.65. The van der Waals surface area contributed by atoms with Crippen LogP contribution in [0.15, 0.2) is 65.9 Å². The average Bonchev–Trinajstić information content (AvgIpc) is 3.04. The molecule has 1 amide bonds. The smallest absolute Gasteiger partial charge is 0.266 e. The fourth-order valence-electron chi connectivity index (χ4n) is 4.56. The molecule has 0 spiro atoms. The second kappa shape index (κ2) is 8.40. The largest absolute Gasteiger partial charge is 0.488 e. The highest BCUT2D eigenvalue weighted by atomic mass is 35.5. The first kappa shape index (κ1) is 23.7. The van der Waals surface area contributed by atoms with Crippen LogP contribution in [-0.2, 0) is 16.8 Å². The van der Waals surface area contributed by atoms with Gasteiger partial charge in [0, 0.05) is 30.6 Å². The normalized spacial score (nSPS) is 20.8. The molecular formula is C26H26ClFN4O2. The molecule has 8 heteroatoms. The third-order valence-corrected chi connectivity index (χ3v) is 6.46. The zero-order valence-electron chi connectivity index (χ0n) is 19.2. The van der Waals surface area contributed by atoms with Gasteiger partial charge >= 0.3 is 0 Å². The lowest BCUT2D eigenvalue weighted by Gasteiger charge is -2.34. The zero-order chi connectivity index (χ0) is 23.4. The number of pyridine rings is 1. The van der Waals surface area contributed by atoms with E-state index < -0.39 is 11.4 Å². The summed E-state index contributed by atoms with van der Waals surface area (Å²) in [7, 11) is 1.60. The van der Waals surface area contributed by atoms with Crippen LogP contribution in [0.5, 0.6) is 5.75 Å². The SMILES string of the molecule is CN1C(=O)C(c2ccc3c(c2)CCC(C)(C)O3)(c2ccc(F)c(-c3cccnc3)c2)N=C1N.Cl. The summed E-state index contributed by atoms with van der Waals surface area (Å²) in [6.45, 7) is 4.12. The van der Waals surface area contributed by atoms with Crippen molar-refractivity contribution in [2.24, 2.45) is 10.7 Å². The number of benzene rings is 2. The number of hydrogen-bond acceptors (Lipinski definition) is 5. The number of aliphatic imine (C=N–C) groups is 1. The lowest BCUT2D eigenvalue weighted by Crippen LogP contribution is -2.41. The number of nitrogens with two attached hydrogens (primary N) is 1. The van der Waals surface area contributed by atoms with E-state index in [1.807, 2.05) is 18.2 Å². The summed E-state index contributed by atoms with van der Waals surface area (Å²) < 4.78 is 20.9. The highest BCUT2D eigenvalue weighted by Gasteiger charge is 2.50. The van der Waals surface area contributed by atoms with E-state index in [0.29, 0.717) is 22.3 Å². The first-order valence-electron chi connectivity index (χ1n) is 10.9. The van der Waals surface area contributed by atoms with Gasteiger partial charge in [-0.3, -0.25) is 14.7 Å². The molecule has 2 aliphatic rings. The molecule has 176 valence electrons. The molecule has 0 bridgehead atoms. The van der Waals surface area contributed by atoms with Crippen LogP contribution in [0, 0.1) is 5.82 Å². The van der Waals surface area contributed by atoms with Gasteiger partial charge in [-0.1, -0.05) is 18.2 Å². The van der Waals surface area contributed by atoms with Gasteiger partial charge in [-0.25, -0.2) is 9.38 Å². The number of carbonyl (C=O) groups is 1. The third-order valence-electron chi connectivity index (χ3n) is 6.46. The molecule has 2 N–H and O–H groups in total. The van der Waals surface area contributed by atoms with Gasteiger partial charge in [-0.2, -0.15) is 0 Å². The quantitative estimate of drug-likeness (QED) is 0.600. The van der Waals surface area contributed by atoms with Crippen LogP contribution in [-0.4, -0.2) is 34.4 Å². The molecule has 0 aliphatic carbocycles. The van der Waals surface area contributed by atoms with Crippen LogP contribution in [0.25, 0.3) is 11.1 Å². The van der Waals surface area contributed by atoms with Gasteiger partial charge < -0.3 is 10.5 Å². The van der Waals surface area contributed by atoms with Crippen LogP contribution >= 0.6 is 12.4 Å². The van der Waals surface area contributed by atoms with Crippen molar-refractivity contribution < 1.29 is 13.9 Å². The van der Waals surface area contributed by atoms with Gasteiger partial charge in [-0.15, -0.1) is 12.4 Å². The van der Waals surface area contributed by atoms with Gasteiger partial charge in [0.25, 0.3) is 5.91 Å². The number of fused-ring (bicyclic) bond motifs is 1. The van der Waals surface area contributed by atoms with E-state index in [2.05, 4.69) is 23.8 Å². The van der Waals surface area contributed by atoms with E-state index in [1.54, 1.807) is 43.7 Å². The van der Waals surface area contributed by atoms with Crippen LogP contribution in [0.3, 0.4) is 0 Å². The van der Waals surface area contributed by atoms with Crippen molar-refractivity contribution in [2.75, 3.05) is 7.05 Å². The van der Waals surface area contributed by atoms with Crippen molar-refractivity contribution in [1.29, 1.82) is 0 Å². The Hall–Kier alpha value is -3.45. The highest BCUT2D eigenvalue weighted by Crippen LogP contribution is 2.43. The number of aromatic nitrogens is 1. The maximum Gasteiger partial charge on any atom is 0.266 e. The Balaban J connectivity index is 0.00000274. The average molecular weight is 481 g/mol. The van der Waals surface area contributed by atoms with Crippen molar-refractivity contribution in [2.45, 2.75) is 37.8 Å². The molecule has 3 aromatic rings. The Kier molecular flexibility index (Phi) is 5.85. The van der Waals surface area contributed by atoms with E-state index in [4.69, 9.17) is 10.5 Å². The van der Waals surface area contributed by atoms with Crippen LogP contribution in [0.4, 0.5) is 4.39 Å². The minimum absolute atomic E-state index is 0. The molecule has 3 heterocycles. The summed E-state index contributed by atoms with van der Waals surface area (Å²) in [6, 6.07) is 13.8. The predicted octanol–water partition coefficient (Wildman–Crippen LogP) is 4.44. The monoisotopic (exact) mass is 480 g/mol. The Morgan fingerprint density at radius 1 is 1.12 bits per heavy atom. The summed E-state index contributed by atoms with van der Waals surface area (Å²) in [5.74, 6) is 0.220. The standard InChI is InChI=1S/C26H25FN4O2.ClH/c1-25(2)11-10-16-13-18(7-9-22(16)33-25)26(23(32)31(3)24(28)30-26)19-6-8-21(27)20(14-19)17-5-4-12-29-15-17;/h4-9,12-15H,10-11H2,1-3H3,(H2,28,30);1H. The minimum Gasteiger partial charge on any atom is -0.488 e. The van der Waals surface area contributed by atoms with E-state index >= 15 is 0 Å². The number of halogens is 2. The maximum atomic E-state index is 14.8. The summed E-state index contributed by atoms with van der Waals surface area (Å²) in [6.07, 6.45) is 4.90. The summed E-state index contributed by atoms with van der Waals surface area (Å²) in [4.78, 5) is 23.7. The lowest BCUT2D eigenvalue weighted by molar-refractivity contribution is -0.129. The molecule has 0 saturated carbocycles. The zero-order valence-corrected chi connectivity index (χ0v) is 20.0. The number of likely N-dealkylation sites (N-methyl/N-ethyl adjacent to an activating group) is 1. The van der Waals surface area contributed by atoms with Crippen molar-refractivity contribution in [3.05, 3.63) is 83.4 Å². The van der Waals surface area contributed by atoms with E-state index in [9.17, 15) is 9.18 Å². The van der Waals surface area contributed by atoms with E-state index in [0.717, 1.165) is 24.2 Å². The molecule has 0 fully saturated rings. The molecule has 0 saturated heterocycles. The van der Waals surface area contributed by atoms with Gasteiger partial charge in [0.05, 0.1) is 0 Å². The fraction of sp³-hybridized carbons (Fsp3) is 0.269. The van der Waals surface area contributed by atoms with E-state index in [-0.39, 0.29) is 29.9 Å². The number of hydrogen-bond donors (Lipinski definition) is 1. The molecule has 1 atom stereocenters. The molecule has 34 heavy (non-hydrogen) atoms. The second-order valence-corrected chi connectivity index (χ2v) is 9.17. The number of carbonyl (C=O) groups excluding carboxylic acids is 1. The lowest BCUT2D eigenvalue weighted by atomic mass is 9.80. The molecule has 2 aromatic carbocycles. The number of rotatable bonds is 3. The van der Waals surface area contributed by atoms with Crippen molar-refractivity contribution in [3.63, 3.8) is 0 Å². The third kappa shape index (κ3) is 3.70.